The van der Waals surface area contributed by atoms with Gasteiger partial charge in [0.25, 0.3) is 11.7 Å². The number of hydrogen-bond acceptors (Lipinski definition) is 5. The van der Waals surface area contributed by atoms with Gasteiger partial charge in [-0.05, 0) is 38.1 Å². The van der Waals surface area contributed by atoms with E-state index in [-0.39, 0.29) is 11.7 Å². The molecule has 1 aromatic heterocycles. The van der Waals surface area contributed by atoms with Crippen LogP contribution >= 0.6 is 0 Å². The summed E-state index contributed by atoms with van der Waals surface area (Å²) in [5.41, 5.74) is 0. The van der Waals surface area contributed by atoms with Gasteiger partial charge in [0.15, 0.2) is 0 Å². The van der Waals surface area contributed by atoms with Crippen molar-refractivity contribution in [1.82, 2.24) is 20.4 Å². The van der Waals surface area contributed by atoms with E-state index in [4.69, 9.17) is 4.52 Å². The monoisotopic (exact) mass is 264 g/mol. The first kappa shape index (κ1) is 12.6. The number of amides is 1. The molecule has 3 rings (SSSR count). The van der Waals surface area contributed by atoms with E-state index in [2.05, 4.69) is 15.5 Å². The van der Waals surface area contributed by atoms with Gasteiger partial charge < -0.3 is 14.7 Å². The van der Waals surface area contributed by atoms with Gasteiger partial charge in [0.05, 0.1) is 0 Å². The quantitative estimate of drug-likeness (QED) is 0.858. The van der Waals surface area contributed by atoms with Crippen molar-refractivity contribution in [2.75, 3.05) is 19.6 Å². The molecule has 1 atom stereocenters. The Morgan fingerprint density at radius 1 is 1.42 bits per heavy atom. The number of nitrogens with one attached hydrogen (secondary N) is 1. The SMILES string of the molecule is Cc1nc(C(=O)N(CC2CC2)CC2CCCN2)no1. The van der Waals surface area contributed by atoms with Crippen LogP contribution < -0.4 is 5.32 Å². The average molecular weight is 264 g/mol. The van der Waals surface area contributed by atoms with Crippen LogP contribution in [0, 0.1) is 12.8 Å². The molecule has 1 unspecified atom stereocenters. The lowest BCUT2D eigenvalue weighted by Crippen LogP contribution is -2.42. The van der Waals surface area contributed by atoms with Crippen molar-refractivity contribution in [3.05, 3.63) is 11.7 Å². The minimum atomic E-state index is -0.0996. The first-order valence-electron chi connectivity index (χ1n) is 7.05. The van der Waals surface area contributed by atoms with E-state index < -0.39 is 0 Å². The van der Waals surface area contributed by atoms with Gasteiger partial charge in [-0.15, -0.1) is 0 Å². The summed E-state index contributed by atoms with van der Waals surface area (Å²) in [6, 6.07) is 0.413. The number of aromatic nitrogens is 2. The summed E-state index contributed by atoms with van der Waals surface area (Å²) in [6.45, 7) is 4.33. The van der Waals surface area contributed by atoms with Crippen molar-refractivity contribution in [2.45, 2.75) is 38.6 Å². The van der Waals surface area contributed by atoms with E-state index in [1.165, 1.54) is 19.3 Å². The summed E-state index contributed by atoms with van der Waals surface area (Å²) >= 11 is 0. The van der Waals surface area contributed by atoms with Crippen LogP contribution in [0.2, 0.25) is 0 Å². The molecule has 1 aliphatic heterocycles. The maximum absolute atomic E-state index is 12.4. The van der Waals surface area contributed by atoms with E-state index in [1.54, 1.807) is 6.92 Å². The number of carbonyl (C=O) groups excluding carboxylic acids is 1. The second kappa shape index (κ2) is 5.28. The second-order valence-electron chi connectivity index (χ2n) is 5.58. The molecular formula is C13H20N4O2. The summed E-state index contributed by atoms with van der Waals surface area (Å²) < 4.78 is 4.90. The van der Waals surface area contributed by atoms with Crippen molar-refractivity contribution < 1.29 is 9.32 Å². The van der Waals surface area contributed by atoms with Crippen LogP contribution in [0.5, 0.6) is 0 Å². The van der Waals surface area contributed by atoms with Crippen molar-refractivity contribution >= 4 is 5.91 Å². The predicted molar refractivity (Wildman–Crippen MR) is 68.7 cm³/mol. The van der Waals surface area contributed by atoms with E-state index in [0.717, 1.165) is 26.1 Å². The maximum Gasteiger partial charge on any atom is 0.295 e. The van der Waals surface area contributed by atoms with Gasteiger partial charge in [-0.25, -0.2) is 0 Å². The minimum absolute atomic E-state index is 0.0996. The molecule has 1 aliphatic carbocycles. The van der Waals surface area contributed by atoms with E-state index in [9.17, 15) is 4.79 Å². The minimum Gasteiger partial charge on any atom is -0.339 e. The summed E-state index contributed by atoms with van der Waals surface area (Å²) in [4.78, 5) is 18.4. The normalized spacial score (nSPS) is 22.7. The van der Waals surface area contributed by atoms with Crippen LogP contribution in [0.25, 0.3) is 0 Å². The third-order valence-corrected chi connectivity index (χ3v) is 3.78. The van der Waals surface area contributed by atoms with Crippen molar-refractivity contribution in [1.29, 1.82) is 0 Å². The van der Waals surface area contributed by atoms with E-state index in [1.807, 2.05) is 4.90 Å². The molecule has 2 heterocycles. The topological polar surface area (TPSA) is 71.3 Å². The number of nitrogens with zero attached hydrogens (tertiary/aromatic N) is 3. The molecule has 2 fully saturated rings. The Labute approximate surface area is 112 Å². The molecule has 1 N–H and O–H groups in total. The molecule has 0 spiro atoms. The molecule has 2 aliphatic rings. The van der Waals surface area contributed by atoms with Crippen LogP contribution in [0.15, 0.2) is 4.52 Å². The average Bonchev–Trinajstić information content (AvgIpc) is 2.89. The van der Waals surface area contributed by atoms with E-state index >= 15 is 0 Å². The fourth-order valence-corrected chi connectivity index (χ4v) is 2.56. The molecule has 1 aromatic rings. The molecule has 19 heavy (non-hydrogen) atoms. The van der Waals surface area contributed by atoms with Gasteiger partial charge in [-0.2, -0.15) is 4.98 Å². The molecule has 1 saturated heterocycles. The Balaban J connectivity index is 1.67. The highest BCUT2D eigenvalue weighted by atomic mass is 16.5. The predicted octanol–water partition coefficient (Wildman–Crippen LogP) is 0.982. The highest BCUT2D eigenvalue weighted by Crippen LogP contribution is 2.30. The van der Waals surface area contributed by atoms with Crippen LogP contribution in [0.1, 0.15) is 42.2 Å². The lowest BCUT2D eigenvalue weighted by Gasteiger charge is -2.24. The maximum atomic E-state index is 12.4. The first-order valence-corrected chi connectivity index (χ1v) is 7.05. The highest BCUT2D eigenvalue weighted by molar-refractivity contribution is 5.90. The lowest BCUT2D eigenvalue weighted by molar-refractivity contribution is 0.0718. The van der Waals surface area contributed by atoms with Gasteiger partial charge in [0.1, 0.15) is 0 Å². The molecule has 0 bridgehead atoms. The number of carbonyl (C=O) groups is 1. The zero-order chi connectivity index (χ0) is 13.2. The fraction of sp³-hybridized carbons (Fsp3) is 0.769. The standard InChI is InChI=1S/C13H20N4O2/c1-9-15-12(16-19-9)13(18)17(7-10-4-5-10)8-11-3-2-6-14-11/h10-11,14H,2-8H2,1H3. The van der Waals surface area contributed by atoms with Crippen LogP contribution in [0.4, 0.5) is 0 Å². The van der Waals surface area contributed by atoms with Crippen LogP contribution in [0.3, 0.4) is 0 Å². The first-order chi connectivity index (χ1) is 9.22. The van der Waals surface area contributed by atoms with Gasteiger partial charge >= 0.3 is 0 Å². The number of hydrogen-bond donors (Lipinski definition) is 1. The Morgan fingerprint density at radius 2 is 2.26 bits per heavy atom. The Morgan fingerprint density at radius 3 is 2.84 bits per heavy atom. The Hall–Kier alpha value is -1.43. The molecule has 6 heteroatoms. The van der Waals surface area contributed by atoms with E-state index in [0.29, 0.717) is 17.9 Å². The highest BCUT2D eigenvalue weighted by Gasteiger charge is 2.31. The molecule has 6 nitrogen and oxygen atoms in total. The van der Waals surface area contributed by atoms with Crippen molar-refractivity contribution in [3.63, 3.8) is 0 Å². The van der Waals surface area contributed by atoms with Crippen LogP contribution in [-0.2, 0) is 0 Å². The third-order valence-electron chi connectivity index (χ3n) is 3.78. The lowest BCUT2D eigenvalue weighted by atomic mass is 10.2. The van der Waals surface area contributed by atoms with Crippen molar-refractivity contribution in [3.8, 4) is 0 Å². The summed E-state index contributed by atoms with van der Waals surface area (Å²) in [7, 11) is 0. The van der Waals surface area contributed by atoms with Gasteiger partial charge in [0.2, 0.25) is 5.89 Å². The Bertz CT molecular complexity index is 449. The van der Waals surface area contributed by atoms with Gasteiger partial charge in [-0.1, -0.05) is 5.16 Å². The number of aryl methyl sites for hydroxylation is 1. The summed E-state index contributed by atoms with van der Waals surface area (Å²) in [5.74, 6) is 1.20. The van der Waals surface area contributed by atoms with Gasteiger partial charge in [0, 0.05) is 26.1 Å². The molecule has 1 amide bonds. The largest absolute Gasteiger partial charge is 0.339 e. The molecule has 104 valence electrons. The summed E-state index contributed by atoms with van der Waals surface area (Å²) in [6.07, 6.45) is 4.79. The molecular weight excluding hydrogens is 244 g/mol. The van der Waals surface area contributed by atoms with Crippen LogP contribution in [-0.4, -0.2) is 46.6 Å². The molecule has 0 radical (unpaired) electrons. The third kappa shape index (κ3) is 3.12. The van der Waals surface area contributed by atoms with Gasteiger partial charge in [-0.3, -0.25) is 4.79 Å². The van der Waals surface area contributed by atoms with Crippen molar-refractivity contribution in [2.24, 2.45) is 5.92 Å². The zero-order valence-electron chi connectivity index (χ0n) is 11.3. The molecule has 1 saturated carbocycles. The zero-order valence-corrected chi connectivity index (χ0v) is 11.3. The smallest absolute Gasteiger partial charge is 0.295 e. The Kier molecular flexibility index (Phi) is 3.50. The number of rotatable bonds is 5. The molecule has 0 aromatic carbocycles. The second-order valence-corrected chi connectivity index (χ2v) is 5.58. The fourth-order valence-electron chi connectivity index (χ4n) is 2.56. The summed E-state index contributed by atoms with van der Waals surface area (Å²) in [5, 5.41) is 7.18.